The molecule has 1 atom stereocenters. The maximum atomic E-state index is 13.1. The van der Waals surface area contributed by atoms with Gasteiger partial charge in [0.15, 0.2) is 0 Å². The largest absolute Gasteiger partial charge is 0.501 e. The molecule has 1 heterocycles. The van der Waals surface area contributed by atoms with Gasteiger partial charge in [0.1, 0.15) is 10.7 Å². The fraction of sp³-hybridized carbons (Fsp3) is 0.455. The molecule has 1 aliphatic rings. The summed E-state index contributed by atoms with van der Waals surface area (Å²) in [7, 11) is -5.59. The highest BCUT2D eigenvalue weighted by atomic mass is 32.2. The van der Waals surface area contributed by atoms with Crippen molar-refractivity contribution in [2.75, 3.05) is 18.4 Å². The third kappa shape index (κ3) is 2.88. The highest BCUT2D eigenvalue weighted by molar-refractivity contribution is 7.92. The van der Waals surface area contributed by atoms with Gasteiger partial charge < -0.3 is 10.6 Å². The minimum Gasteiger partial charge on any atom is -0.380 e. The number of hydrogen-bond acceptors (Lipinski definition) is 4. The van der Waals surface area contributed by atoms with E-state index in [0.29, 0.717) is 25.6 Å². The van der Waals surface area contributed by atoms with Gasteiger partial charge in [0.25, 0.3) is 9.84 Å². The van der Waals surface area contributed by atoms with Crippen LogP contribution in [0.3, 0.4) is 0 Å². The third-order valence-electron chi connectivity index (χ3n) is 2.96. The minimum absolute atomic E-state index is 0.192. The van der Waals surface area contributed by atoms with Crippen LogP contribution in [0.1, 0.15) is 6.42 Å². The topological polar surface area (TPSA) is 58.2 Å². The Kier molecular flexibility index (Phi) is 3.92. The lowest BCUT2D eigenvalue weighted by atomic mass is 10.2. The van der Waals surface area contributed by atoms with Gasteiger partial charge in [-0.05, 0) is 31.2 Å². The number of nitrogens with one attached hydrogen (secondary N) is 2. The number of anilines is 1. The normalized spacial score (nSPS) is 20.1. The van der Waals surface area contributed by atoms with Gasteiger partial charge in [-0.15, -0.1) is 0 Å². The van der Waals surface area contributed by atoms with Crippen LogP contribution in [0, 0.1) is 5.82 Å². The number of alkyl halides is 3. The fourth-order valence-corrected chi connectivity index (χ4v) is 2.89. The van der Waals surface area contributed by atoms with Crippen LogP contribution in [0.5, 0.6) is 0 Å². The van der Waals surface area contributed by atoms with E-state index < -0.39 is 26.1 Å². The van der Waals surface area contributed by atoms with Gasteiger partial charge in [0.05, 0.1) is 5.69 Å². The minimum atomic E-state index is -5.59. The molecule has 4 nitrogen and oxygen atoms in total. The SMILES string of the molecule is O=S(=O)(c1cc(F)ccc1NC1CCNC1)C(F)(F)F. The Labute approximate surface area is 113 Å². The summed E-state index contributed by atoms with van der Waals surface area (Å²) in [5.41, 5.74) is -5.71. The molecule has 0 saturated carbocycles. The smallest absolute Gasteiger partial charge is 0.380 e. The van der Waals surface area contributed by atoms with E-state index in [1.807, 2.05) is 0 Å². The molecule has 2 rings (SSSR count). The van der Waals surface area contributed by atoms with Crippen molar-refractivity contribution in [3.05, 3.63) is 24.0 Å². The molecule has 9 heteroatoms. The van der Waals surface area contributed by atoms with Crippen molar-refractivity contribution in [2.24, 2.45) is 0 Å². The van der Waals surface area contributed by atoms with Gasteiger partial charge in [-0.25, -0.2) is 12.8 Å². The van der Waals surface area contributed by atoms with Crippen molar-refractivity contribution in [3.63, 3.8) is 0 Å². The second-order valence-corrected chi connectivity index (χ2v) is 6.33. The number of benzene rings is 1. The first kappa shape index (κ1) is 15.0. The molecule has 0 bridgehead atoms. The second-order valence-electron chi connectivity index (χ2n) is 4.42. The predicted octanol–water partition coefficient (Wildman–Crippen LogP) is 1.89. The summed E-state index contributed by atoms with van der Waals surface area (Å²) in [6.07, 6.45) is 0.642. The molecule has 1 aromatic rings. The second kappa shape index (κ2) is 5.21. The first-order valence-corrected chi connectivity index (χ1v) is 7.28. The van der Waals surface area contributed by atoms with Crippen molar-refractivity contribution in [1.82, 2.24) is 5.32 Å². The molecule has 1 fully saturated rings. The molecule has 0 amide bonds. The van der Waals surface area contributed by atoms with E-state index in [1.165, 1.54) is 0 Å². The lowest BCUT2D eigenvalue weighted by molar-refractivity contribution is -0.0435. The van der Waals surface area contributed by atoms with E-state index in [-0.39, 0.29) is 11.7 Å². The van der Waals surface area contributed by atoms with Crippen molar-refractivity contribution in [1.29, 1.82) is 0 Å². The molecule has 0 radical (unpaired) electrons. The Morgan fingerprint density at radius 3 is 2.55 bits per heavy atom. The first-order chi connectivity index (χ1) is 9.22. The van der Waals surface area contributed by atoms with Gasteiger partial charge in [-0.2, -0.15) is 13.2 Å². The first-order valence-electron chi connectivity index (χ1n) is 5.80. The van der Waals surface area contributed by atoms with Gasteiger partial charge >= 0.3 is 5.51 Å². The van der Waals surface area contributed by atoms with E-state index >= 15 is 0 Å². The van der Waals surface area contributed by atoms with Crippen LogP contribution in [0.25, 0.3) is 0 Å². The van der Waals surface area contributed by atoms with Gasteiger partial charge in [0, 0.05) is 12.6 Å². The van der Waals surface area contributed by atoms with E-state index in [9.17, 15) is 26.0 Å². The van der Waals surface area contributed by atoms with Gasteiger partial charge in [-0.1, -0.05) is 0 Å². The Morgan fingerprint density at radius 1 is 1.30 bits per heavy atom. The van der Waals surface area contributed by atoms with Crippen LogP contribution in [0.2, 0.25) is 0 Å². The summed E-state index contributed by atoms with van der Waals surface area (Å²) in [6, 6.07) is 2.11. The van der Waals surface area contributed by atoms with E-state index in [0.717, 1.165) is 12.1 Å². The molecule has 0 aromatic heterocycles. The average molecular weight is 312 g/mol. The zero-order valence-corrected chi connectivity index (χ0v) is 11.0. The van der Waals surface area contributed by atoms with Crippen molar-refractivity contribution >= 4 is 15.5 Å². The number of rotatable bonds is 3. The Bertz CT molecular complexity index is 595. The lowest BCUT2D eigenvalue weighted by Crippen LogP contribution is -2.27. The molecule has 1 unspecified atom stereocenters. The fourth-order valence-electron chi connectivity index (χ4n) is 1.96. The summed E-state index contributed by atoms with van der Waals surface area (Å²) in [5.74, 6) is -1.04. The quantitative estimate of drug-likeness (QED) is 0.837. The van der Waals surface area contributed by atoms with E-state index in [1.54, 1.807) is 0 Å². The van der Waals surface area contributed by atoms with E-state index in [4.69, 9.17) is 0 Å². The molecular weight excluding hydrogens is 300 g/mol. The highest BCUT2D eigenvalue weighted by Gasteiger charge is 2.48. The zero-order chi connectivity index (χ0) is 15.0. The van der Waals surface area contributed by atoms with Crippen LogP contribution in [0.15, 0.2) is 23.1 Å². The molecule has 20 heavy (non-hydrogen) atoms. The maximum Gasteiger partial charge on any atom is 0.501 e. The summed E-state index contributed by atoms with van der Waals surface area (Å²) in [6.45, 7) is 1.18. The number of halogens is 4. The van der Waals surface area contributed by atoms with Crippen LogP contribution in [-0.4, -0.2) is 33.1 Å². The standard InChI is InChI=1S/C11H12F4N2O2S/c12-7-1-2-9(17-8-3-4-16-6-8)10(5-7)20(18,19)11(13,14)15/h1-2,5,8,16-17H,3-4,6H2. The molecular formula is C11H12F4N2O2S. The van der Waals surface area contributed by atoms with Crippen molar-refractivity contribution in [3.8, 4) is 0 Å². The summed E-state index contributed by atoms with van der Waals surface area (Å²) in [5, 5.41) is 5.69. The summed E-state index contributed by atoms with van der Waals surface area (Å²) < 4.78 is 73.8. The van der Waals surface area contributed by atoms with Crippen molar-refractivity contribution in [2.45, 2.75) is 22.9 Å². The molecule has 0 spiro atoms. The molecule has 2 N–H and O–H groups in total. The maximum absolute atomic E-state index is 13.1. The molecule has 1 aliphatic heterocycles. The van der Waals surface area contributed by atoms with E-state index in [2.05, 4.69) is 10.6 Å². The Hall–Kier alpha value is -1.35. The van der Waals surface area contributed by atoms with Gasteiger partial charge in [-0.3, -0.25) is 0 Å². The molecule has 1 aromatic carbocycles. The molecule has 112 valence electrons. The number of hydrogen-bond donors (Lipinski definition) is 2. The summed E-state index contributed by atoms with van der Waals surface area (Å²) in [4.78, 5) is -1.09. The highest BCUT2D eigenvalue weighted by Crippen LogP contribution is 2.35. The van der Waals surface area contributed by atoms with Crippen LogP contribution in [0.4, 0.5) is 23.2 Å². The monoisotopic (exact) mass is 312 g/mol. The predicted molar refractivity (Wildman–Crippen MR) is 64.5 cm³/mol. The molecule has 0 aliphatic carbocycles. The molecule has 1 saturated heterocycles. The van der Waals surface area contributed by atoms with Crippen LogP contribution in [-0.2, 0) is 9.84 Å². The summed E-state index contributed by atoms with van der Waals surface area (Å²) >= 11 is 0. The Morgan fingerprint density at radius 2 is 2.00 bits per heavy atom. The third-order valence-corrected chi connectivity index (χ3v) is 4.48. The van der Waals surface area contributed by atoms with Crippen LogP contribution < -0.4 is 10.6 Å². The van der Waals surface area contributed by atoms with Crippen LogP contribution >= 0.6 is 0 Å². The van der Waals surface area contributed by atoms with Gasteiger partial charge in [0.2, 0.25) is 0 Å². The van der Waals surface area contributed by atoms with Crippen molar-refractivity contribution < 1.29 is 26.0 Å². The zero-order valence-electron chi connectivity index (χ0n) is 10.2. The number of sulfone groups is 1. The lowest BCUT2D eigenvalue weighted by Gasteiger charge is -2.17. The average Bonchev–Trinajstić information content (AvgIpc) is 2.82. The Balaban J connectivity index is 2.43.